The first kappa shape index (κ1) is 30.5. The number of rotatable bonds is 2. The average molecular weight is 748 g/mol. The third kappa shape index (κ3) is 3.58. The first-order chi connectivity index (χ1) is 29.3. The maximum absolute atomic E-state index is 7.38. The van der Waals surface area contributed by atoms with Gasteiger partial charge in [-0.15, -0.1) is 0 Å². The monoisotopic (exact) mass is 748 g/mol. The second-order valence-electron chi connectivity index (χ2n) is 16.4. The highest BCUT2D eigenvalue weighted by Crippen LogP contribution is 2.51. The third-order valence-electron chi connectivity index (χ3n) is 13.7. The van der Waals surface area contributed by atoms with Crippen LogP contribution in [0, 0.1) is 0 Å². The summed E-state index contributed by atoms with van der Waals surface area (Å²) in [6.45, 7) is -0.272. The van der Waals surface area contributed by atoms with Crippen molar-refractivity contribution in [1.82, 2.24) is 8.96 Å². The lowest BCUT2D eigenvalue weighted by molar-refractivity contribution is 0.671. The predicted molar refractivity (Wildman–Crippen MR) is 246 cm³/mol. The molecule has 5 nitrogen and oxygen atoms in total. The zero-order valence-electron chi connectivity index (χ0n) is 31.7. The zero-order chi connectivity index (χ0) is 38.1. The highest BCUT2D eigenvalue weighted by atomic mass is 16.3. The van der Waals surface area contributed by atoms with Crippen molar-refractivity contribution in [2.75, 3.05) is 9.80 Å². The molecule has 0 spiro atoms. The minimum atomic E-state index is -0.140. The van der Waals surface area contributed by atoms with E-state index in [2.05, 4.69) is 201 Å². The van der Waals surface area contributed by atoms with Crippen LogP contribution < -0.4 is 31.7 Å². The van der Waals surface area contributed by atoms with Gasteiger partial charge in [0.1, 0.15) is 11.2 Å². The minimum absolute atomic E-state index is 0.133. The molecule has 0 saturated heterocycles. The molecule has 8 aromatic carbocycles. The molecule has 11 aromatic rings. The number of nitrogens with zero attached hydrogens (tertiary/aromatic N) is 4. The van der Waals surface area contributed by atoms with Crippen molar-refractivity contribution >= 4 is 113 Å². The lowest BCUT2D eigenvalue weighted by Gasteiger charge is -2.46. The summed E-state index contributed by atoms with van der Waals surface area (Å²) in [6, 6.07) is 62.6. The van der Waals surface area contributed by atoms with Crippen LogP contribution in [0.2, 0.25) is 0 Å². The highest BCUT2D eigenvalue weighted by molar-refractivity contribution is 6.95. The molecule has 0 unspecified atom stereocenters. The summed E-state index contributed by atoms with van der Waals surface area (Å²) in [5.74, 6) is 0. The molecule has 270 valence electrons. The van der Waals surface area contributed by atoms with Crippen LogP contribution in [0.5, 0.6) is 0 Å². The average Bonchev–Trinajstić information content (AvgIpc) is 4.04. The molecule has 0 atom stereocenters. The molecule has 4 aliphatic heterocycles. The Morgan fingerprint density at radius 2 is 0.898 bits per heavy atom. The van der Waals surface area contributed by atoms with Crippen molar-refractivity contribution in [3.8, 4) is 22.3 Å². The third-order valence-corrected chi connectivity index (χ3v) is 13.7. The van der Waals surface area contributed by atoms with Crippen molar-refractivity contribution < 1.29 is 4.42 Å². The van der Waals surface area contributed by atoms with E-state index < -0.39 is 0 Å². The van der Waals surface area contributed by atoms with Gasteiger partial charge in [0.15, 0.2) is 0 Å². The lowest BCUT2D eigenvalue weighted by atomic mass is 9.40. The topological polar surface area (TPSA) is 29.5 Å². The van der Waals surface area contributed by atoms with Gasteiger partial charge in [0, 0.05) is 61.4 Å². The smallest absolute Gasteiger partial charge is 0.336 e. The van der Waals surface area contributed by atoms with Crippen molar-refractivity contribution in [2.45, 2.75) is 0 Å². The number of hydrogen-bond acceptors (Lipinski definition) is 3. The first-order valence-electron chi connectivity index (χ1n) is 20.5. The van der Waals surface area contributed by atoms with Crippen LogP contribution >= 0.6 is 0 Å². The van der Waals surface area contributed by atoms with Gasteiger partial charge >= 0.3 is 13.7 Å². The number of furan rings is 1. The van der Waals surface area contributed by atoms with Crippen LogP contribution in [0.25, 0.3) is 66.0 Å². The highest BCUT2D eigenvalue weighted by Gasteiger charge is 2.51. The van der Waals surface area contributed by atoms with E-state index in [1.807, 2.05) is 0 Å². The SMILES string of the molecule is c1ccc(N2c3cccc4c3B(c3c2c2c(c5c3oc3ccccc35)N(c3ccccc3)c3cccc5c3B2n2ccc3cccc-5c32)n2ccc3cccc-4c32)cc1. The number of benzene rings is 8. The molecule has 0 saturated carbocycles. The van der Waals surface area contributed by atoms with Crippen LogP contribution in [0.3, 0.4) is 0 Å². The summed E-state index contributed by atoms with van der Waals surface area (Å²) < 4.78 is 12.5. The molecule has 7 heterocycles. The Hall–Kier alpha value is -7.63. The second-order valence-corrected chi connectivity index (χ2v) is 16.4. The molecule has 3 aromatic heterocycles. The van der Waals surface area contributed by atoms with Crippen molar-refractivity contribution in [3.05, 3.63) is 182 Å². The molecule has 0 bridgehead atoms. The fourth-order valence-electron chi connectivity index (χ4n) is 11.6. The summed E-state index contributed by atoms with van der Waals surface area (Å²) in [5.41, 5.74) is 21.5. The Labute approximate surface area is 339 Å². The number of fused-ring (bicyclic) bond motifs is 14. The molecule has 7 heteroatoms. The van der Waals surface area contributed by atoms with Gasteiger partial charge in [0.2, 0.25) is 0 Å². The van der Waals surface area contributed by atoms with Crippen molar-refractivity contribution in [1.29, 1.82) is 0 Å². The predicted octanol–water partition coefficient (Wildman–Crippen LogP) is 10.3. The number of anilines is 6. The Morgan fingerprint density at radius 1 is 0.390 bits per heavy atom. The standard InChI is InChI=1S/C52H30B2N4O/c1-3-15-33(16-4-1)57-40-24-11-20-35-37-22-9-13-31-27-29-55(48(31)37)53(44(35)40)46-50(57)43-39-19-7-8-26-42(39)59-52(43)47-51(46)58(34-17-5-2-6-18-34)41-25-12-21-36-38-23-10-14-32-28-30-56(49(32)38)54(47)45(36)41/h1-30H. The molecule has 59 heavy (non-hydrogen) atoms. The van der Waals surface area contributed by atoms with E-state index in [9.17, 15) is 0 Å². The Bertz CT molecular complexity index is 3660. The molecule has 0 fully saturated rings. The number of aromatic nitrogens is 2. The van der Waals surface area contributed by atoms with Crippen LogP contribution in [-0.4, -0.2) is 22.7 Å². The van der Waals surface area contributed by atoms with Crippen LogP contribution in [0.15, 0.2) is 187 Å². The summed E-state index contributed by atoms with van der Waals surface area (Å²) >= 11 is 0. The normalized spacial score (nSPS) is 14.0. The molecule has 15 rings (SSSR count). The first-order valence-corrected chi connectivity index (χ1v) is 20.5. The summed E-state index contributed by atoms with van der Waals surface area (Å²) in [7, 11) is 0. The summed E-state index contributed by atoms with van der Waals surface area (Å²) in [5, 5.41) is 4.77. The fraction of sp³-hybridized carbons (Fsp3) is 0. The molecule has 0 radical (unpaired) electrons. The molecule has 0 N–H and O–H groups in total. The van der Waals surface area contributed by atoms with E-state index in [1.165, 1.54) is 88.7 Å². The van der Waals surface area contributed by atoms with E-state index in [4.69, 9.17) is 4.42 Å². The van der Waals surface area contributed by atoms with Gasteiger partial charge in [-0.05, 0) is 105 Å². The van der Waals surface area contributed by atoms with E-state index >= 15 is 0 Å². The Kier molecular flexibility index (Phi) is 5.51. The Morgan fingerprint density at radius 3 is 1.51 bits per heavy atom. The van der Waals surface area contributed by atoms with Gasteiger partial charge in [-0.1, -0.05) is 115 Å². The summed E-state index contributed by atoms with van der Waals surface area (Å²) in [6.07, 6.45) is 4.64. The van der Waals surface area contributed by atoms with Gasteiger partial charge in [-0.3, -0.25) is 0 Å². The van der Waals surface area contributed by atoms with E-state index in [0.29, 0.717) is 0 Å². The molecule has 0 aliphatic carbocycles. The van der Waals surface area contributed by atoms with Crippen molar-refractivity contribution in [2.24, 2.45) is 0 Å². The van der Waals surface area contributed by atoms with Crippen molar-refractivity contribution in [3.63, 3.8) is 0 Å². The summed E-state index contributed by atoms with van der Waals surface area (Å²) in [4.78, 5) is 5.12. The van der Waals surface area contributed by atoms with E-state index in [-0.39, 0.29) is 13.7 Å². The Balaban J connectivity index is 1.22. The number of hydrogen-bond donors (Lipinski definition) is 0. The maximum Gasteiger partial charge on any atom is 0.336 e. The maximum atomic E-state index is 7.38. The lowest BCUT2D eigenvalue weighted by Crippen LogP contribution is -2.63. The van der Waals surface area contributed by atoms with Gasteiger partial charge in [0.25, 0.3) is 0 Å². The quantitative estimate of drug-likeness (QED) is 0.165. The molecular formula is C52H30B2N4O. The van der Waals surface area contributed by atoms with Crippen LogP contribution in [-0.2, 0) is 0 Å². The van der Waals surface area contributed by atoms with Gasteiger partial charge in [-0.2, -0.15) is 0 Å². The van der Waals surface area contributed by atoms with Gasteiger partial charge in [-0.25, -0.2) is 0 Å². The van der Waals surface area contributed by atoms with Gasteiger partial charge in [0.05, 0.1) is 11.1 Å². The fourth-order valence-corrected chi connectivity index (χ4v) is 11.6. The molecule has 0 amide bonds. The zero-order valence-corrected chi connectivity index (χ0v) is 31.7. The van der Waals surface area contributed by atoms with E-state index in [1.54, 1.807) is 0 Å². The van der Waals surface area contributed by atoms with Crippen LogP contribution in [0.4, 0.5) is 34.1 Å². The molecular weight excluding hydrogens is 718 g/mol. The largest absolute Gasteiger partial charge is 0.456 e. The van der Waals surface area contributed by atoms with Gasteiger partial charge < -0.3 is 23.2 Å². The van der Waals surface area contributed by atoms with Crippen LogP contribution in [0.1, 0.15) is 0 Å². The molecule has 4 aliphatic rings. The van der Waals surface area contributed by atoms with E-state index in [0.717, 1.165) is 33.3 Å². The number of para-hydroxylation sites is 5. The second kappa shape index (κ2) is 10.6. The minimum Gasteiger partial charge on any atom is -0.456 e.